The fourth-order valence-electron chi connectivity index (χ4n) is 3.76. The molecule has 2 aromatic carbocycles. The third-order valence-corrected chi connectivity index (χ3v) is 7.75. The van der Waals surface area contributed by atoms with Gasteiger partial charge in [0.15, 0.2) is 0 Å². The number of benzene rings is 2. The van der Waals surface area contributed by atoms with Crippen LogP contribution in [-0.2, 0) is 30.8 Å². The molecule has 0 aliphatic carbocycles. The molecular formula is C25H28F3NO7S. The molecule has 2 aromatic rings. The summed E-state index contributed by atoms with van der Waals surface area (Å²) in [5.41, 5.74) is -1.70. The van der Waals surface area contributed by atoms with Gasteiger partial charge in [-0.2, -0.15) is 13.2 Å². The van der Waals surface area contributed by atoms with Gasteiger partial charge in [0.2, 0.25) is 5.60 Å². The molecule has 0 unspecified atom stereocenters. The van der Waals surface area contributed by atoms with Crippen LogP contribution in [0.2, 0.25) is 0 Å². The van der Waals surface area contributed by atoms with Gasteiger partial charge in [0.05, 0.1) is 29.5 Å². The first-order valence-corrected chi connectivity index (χ1v) is 12.9. The molecule has 3 rings (SSSR count). The maximum Gasteiger partial charge on any atom is 0.427 e. The predicted molar refractivity (Wildman–Crippen MR) is 128 cm³/mol. The average molecular weight is 544 g/mol. The van der Waals surface area contributed by atoms with E-state index in [0.717, 1.165) is 18.2 Å². The van der Waals surface area contributed by atoms with Crippen molar-refractivity contribution in [2.75, 3.05) is 10.8 Å². The second-order valence-electron chi connectivity index (χ2n) is 9.53. The highest BCUT2D eigenvalue weighted by atomic mass is 32.2. The first-order chi connectivity index (χ1) is 17.0. The number of carboxylic acid groups (broad SMARTS) is 1. The Balaban J connectivity index is 1.98. The van der Waals surface area contributed by atoms with Crippen LogP contribution in [0.3, 0.4) is 0 Å². The monoisotopic (exact) mass is 543 g/mol. The fourth-order valence-corrected chi connectivity index (χ4v) is 5.37. The van der Waals surface area contributed by atoms with E-state index in [1.165, 1.54) is 37.3 Å². The van der Waals surface area contributed by atoms with E-state index in [-0.39, 0.29) is 34.9 Å². The first kappa shape index (κ1) is 28.3. The number of sulfonamides is 1. The largest absolute Gasteiger partial charge is 0.486 e. The third kappa shape index (κ3) is 6.35. The van der Waals surface area contributed by atoms with Crippen molar-refractivity contribution in [1.29, 1.82) is 0 Å². The molecule has 0 saturated heterocycles. The maximum atomic E-state index is 13.6. The number of aliphatic carboxylic acids is 1. The zero-order valence-corrected chi connectivity index (χ0v) is 21.5. The molecule has 0 bridgehead atoms. The number of ether oxygens (including phenoxy) is 2. The Morgan fingerprint density at radius 2 is 1.86 bits per heavy atom. The van der Waals surface area contributed by atoms with Crippen LogP contribution in [0.25, 0.3) is 0 Å². The van der Waals surface area contributed by atoms with Crippen molar-refractivity contribution < 1.29 is 45.8 Å². The molecule has 12 heteroatoms. The molecule has 1 aliphatic rings. The molecule has 0 amide bonds. The summed E-state index contributed by atoms with van der Waals surface area (Å²) in [6.45, 7) is 4.49. The van der Waals surface area contributed by atoms with Crippen LogP contribution in [0.4, 0.5) is 18.9 Å². The van der Waals surface area contributed by atoms with Crippen LogP contribution in [0.5, 0.6) is 5.75 Å². The first-order valence-electron chi connectivity index (χ1n) is 11.4. The molecule has 8 nitrogen and oxygen atoms in total. The van der Waals surface area contributed by atoms with Gasteiger partial charge in [0.1, 0.15) is 11.9 Å². The number of carboxylic acids is 1. The Bertz CT molecular complexity index is 1290. The van der Waals surface area contributed by atoms with Gasteiger partial charge in [-0.15, -0.1) is 0 Å². The molecule has 1 N–H and O–H groups in total. The molecule has 0 spiro atoms. The van der Waals surface area contributed by atoms with E-state index in [1.807, 2.05) is 0 Å². The number of aryl methyl sites for hydroxylation is 1. The van der Waals surface area contributed by atoms with Gasteiger partial charge >= 0.3 is 18.1 Å². The number of anilines is 1. The standard InChI is InChI=1S/C25H28F3NO7S/c1-15-6-5-7-19(10-15)37(33,34)29-14-18(11-16(2)23(31)32)35-21-9-8-17(12-20(21)29)13-22(30)36-24(3,4)25(26,27)28/h5-10,12,16,18H,11,13-14H2,1-4H3,(H,31,32)/t16-,18+/m1/s1. The van der Waals surface area contributed by atoms with Crippen molar-refractivity contribution in [2.24, 2.45) is 5.92 Å². The summed E-state index contributed by atoms with van der Waals surface area (Å²) in [5, 5.41) is 9.29. The molecule has 0 fully saturated rings. The number of esters is 1. The van der Waals surface area contributed by atoms with E-state index in [4.69, 9.17) is 4.74 Å². The summed E-state index contributed by atoms with van der Waals surface area (Å²) < 4.78 is 78.2. The highest BCUT2D eigenvalue weighted by molar-refractivity contribution is 7.92. The SMILES string of the molecule is Cc1cccc(S(=O)(=O)N2C[C@H](C[C@@H](C)C(=O)O)Oc3ccc(CC(=O)OC(C)(C)C(F)(F)F)cc32)c1. The smallest absolute Gasteiger partial charge is 0.427 e. The van der Waals surface area contributed by atoms with E-state index < -0.39 is 52.2 Å². The van der Waals surface area contributed by atoms with Crippen LogP contribution in [0.15, 0.2) is 47.4 Å². The average Bonchev–Trinajstić information content (AvgIpc) is 2.77. The third-order valence-electron chi connectivity index (χ3n) is 5.97. The molecule has 202 valence electrons. The molecular weight excluding hydrogens is 515 g/mol. The normalized spacial score (nSPS) is 16.9. The summed E-state index contributed by atoms with van der Waals surface area (Å²) in [6, 6.07) is 10.4. The Morgan fingerprint density at radius 1 is 1.19 bits per heavy atom. The van der Waals surface area contributed by atoms with Crippen LogP contribution in [0.1, 0.15) is 38.3 Å². The van der Waals surface area contributed by atoms with E-state index in [0.29, 0.717) is 5.56 Å². The van der Waals surface area contributed by atoms with Gasteiger partial charge in [-0.25, -0.2) is 8.42 Å². The molecule has 1 heterocycles. The summed E-state index contributed by atoms with van der Waals surface area (Å²) >= 11 is 0. The maximum absolute atomic E-state index is 13.6. The number of hydrogen-bond acceptors (Lipinski definition) is 6. The van der Waals surface area contributed by atoms with Crippen molar-refractivity contribution in [1.82, 2.24) is 0 Å². The summed E-state index contributed by atoms with van der Waals surface area (Å²) in [6.07, 6.45) is -6.05. The molecule has 0 radical (unpaired) electrons. The number of hydrogen-bond donors (Lipinski definition) is 1. The zero-order chi connectivity index (χ0) is 27.8. The van der Waals surface area contributed by atoms with Crippen LogP contribution in [0, 0.1) is 12.8 Å². The van der Waals surface area contributed by atoms with Crippen molar-refractivity contribution in [3.63, 3.8) is 0 Å². The van der Waals surface area contributed by atoms with Gasteiger partial charge in [0.25, 0.3) is 10.0 Å². The minimum atomic E-state index is -4.77. The van der Waals surface area contributed by atoms with Crippen LogP contribution in [-0.4, -0.2) is 49.9 Å². The van der Waals surface area contributed by atoms with Crippen molar-refractivity contribution >= 4 is 27.6 Å². The second-order valence-corrected chi connectivity index (χ2v) is 11.4. The Morgan fingerprint density at radius 3 is 2.46 bits per heavy atom. The Kier molecular flexibility index (Phi) is 7.83. The molecule has 0 aromatic heterocycles. The number of fused-ring (bicyclic) bond motifs is 1. The highest BCUT2D eigenvalue weighted by Crippen LogP contribution is 2.39. The van der Waals surface area contributed by atoms with E-state index in [9.17, 15) is 36.3 Å². The number of rotatable bonds is 8. The minimum absolute atomic E-state index is 0.00197. The van der Waals surface area contributed by atoms with Gasteiger partial charge in [-0.05, 0) is 62.6 Å². The van der Waals surface area contributed by atoms with Gasteiger partial charge in [0, 0.05) is 0 Å². The fraction of sp³-hybridized carbons (Fsp3) is 0.440. The highest BCUT2D eigenvalue weighted by Gasteiger charge is 2.50. The van der Waals surface area contributed by atoms with Crippen molar-refractivity contribution in [3.05, 3.63) is 53.6 Å². The lowest BCUT2D eigenvalue weighted by atomic mass is 10.0. The topological polar surface area (TPSA) is 110 Å². The summed E-state index contributed by atoms with van der Waals surface area (Å²) in [5.74, 6) is -2.86. The molecule has 37 heavy (non-hydrogen) atoms. The lowest BCUT2D eigenvalue weighted by molar-refractivity contribution is -0.257. The van der Waals surface area contributed by atoms with Crippen molar-refractivity contribution in [2.45, 2.75) is 63.3 Å². The predicted octanol–water partition coefficient (Wildman–Crippen LogP) is 4.49. The van der Waals surface area contributed by atoms with E-state index >= 15 is 0 Å². The number of nitrogens with zero attached hydrogens (tertiary/aromatic N) is 1. The van der Waals surface area contributed by atoms with Gasteiger partial charge in [-0.1, -0.05) is 25.1 Å². The number of alkyl halides is 3. The van der Waals surface area contributed by atoms with Crippen LogP contribution >= 0.6 is 0 Å². The molecule has 2 atom stereocenters. The lowest BCUT2D eigenvalue weighted by Crippen LogP contribution is -2.44. The quantitative estimate of drug-likeness (QED) is 0.489. The Hall–Kier alpha value is -3.28. The van der Waals surface area contributed by atoms with E-state index in [2.05, 4.69) is 4.74 Å². The lowest BCUT2D eigenvalue weighted by Gasteiger charge is -2.36. The number of carbonyl (C=O) groups excluding carboxylic acids is 1. The summed E-state index contributed by atoms with van der Waals surface area (Å²) in [7, 11) is -4.14. The van der Waals surface area contributed by atoms with Crippen molar-refractivity contribution in [3.8, 4) is 5.75 Å². The number of halogens is 3. The number of carbonyl (C=O) groups is 2. The van der Waals surface area contributed by atoms with Gasteiger partial charge < -0.3 is 14.6 Å². The second kappa shape index (κ2) is 10.2. The minimum Gasteiger partial charge on any atom is -0.486 e. The Labute approximate surface area is 213 Å². The van der Waals surface area contributed by atoms with Crippen LogP contribution < -0.4 is 9.04 Å². The van der Waals surface area contributed by atoms with Gasteiger partial charge in [-0.3, -0.25) is 13.9 Å². The molecule has 0 saturated carbocycles. The zero-order valence-electron chi connectivity index (χ0n) is 20.7. The molecule has 1 aliphatic heterocycles. The summed E-state index contributed by atoms with van der Waals surface area (Å²) in [4.78, 5) is 23.6. The van der Waals surface area contributed by atoms with E-state index in [1.54, 1.807) is 19.1 Å².